The maximum atomic E-state index is 11.8. The molecule has 1 fully saturated rings. The first-order chi connectivity index (χ1) is 7.63. The smallest absolute Gasteiger partial charge is 0.305 e. The van der Waals surface area contributed by atoms with Crippen molar-refractivity contribution in [1.82, 2.24) is 10.2 Å². The van der Waals surface area contributed by atoms with E-state index in [4.69, 9.17) is 5.11 Å². The van der Waals surface area contributed by atoms with Crippen LogP contribution >= 0.6 is 0 Å². The van der Waals surface area contributed by atoms with E-state index in [1.54, 1.807) is 4.90 Å². The molecule has 0 saturated carbocycles. The maximum absolute atomic E-state index is 11.8. The molecule has 5 heteroatoms. The lowest BCUT2D eigenvalue weighted by Gasteiger charge is -2.21. The summed E-state index contributed by atoms with van der Waals surface area (Å²) in [5, 5.41) is 11.8. The quantitative estimate of drug-likeness (QED) is 0.692. The average molecular weight is 228 g/mol. The van der Waals surface area contributed by atoms with Crippen molar-refractivity contribution in [3.05, 3.63) is 0 Å². The number of hydrogen-bond acceptors (Lipinski definition) is 3. The van der Waals surface area contributed by atoms with Crippen LogP contribution in [0.1, 0.15) is 32.6 Å². The summed E-state index contributed by atoms with van der Waals surface area (Å²) in [6.07, 6.45) is 2.69. The standard InChI is InChI=1S/C11H20N2O3/c1-2-13(7-5-11(15)16)10(14)8-9-4-3-6-12-9/h9,12H,2-8H2,1H3,(H,15,16). The summed E-state index contributed by atoms with van der Waals surface area (Å²) in [6.45, 7) is 3.76. The van der Waals surface area contributed by atoms with Crippen molar-refractivity contribution in [2.75, 3.05) is 19.6 Å². The summed E-state index contributed by atoms with van der Waals surface area (Å²) in [4.78, 5) is 23.9. The van der Waals surface area contributed by atoms with E-state index < -0.39 is 5.97 Å². The van der Waals surface area contributed by atoms with Crippen LogP contribution in [0.15, 0.2) is 0 Å². The van der Waals surface area contributed by atoms with Crippen molar-refractivity contribution in [2.45, 2.75) is 38.6 Å². The second-order valence-corrected chi connectivity index (χ2v) is 4.11. The highest BCUT2D eigenvalue weighted by atomic mass is 16.4. The number of nitrogens with one attached hydrogen (secondary N) is 1. The van der Waals surface area contributed by atoms with Gasteiger partial charge in [0.15, 0.2) is 0 Å². The Labute approximate surface area is 95.8 Å². The predicted octanol–water partition coefficient (Wildman–Crippen LogP) is 0.452. The molecule has 1 aliphatic rings. The summed E-state index contributed by atoms with van der Waals surface area (Å²) in [6, 6.07) is 0.284. The zero-order valence-corrected chi connectivity index (χ0v) is 9.74. The molecular formula is C11H20N2O3. The number of carbonyl (C=O) groups is 2. The Kier molecular flexibility index (Phi) is 5.25. The first-order valence-electron chi connectivity index (χ1n) is 5.86. The summed E-state index contributed by atoms with van der Waals surface area (Å²) in [5.74, 6) is -0.798. The Bertz CT molecular complexity index is 250. The van der Waals surface area contributed by atoms with Gasteiger partial charge in [-0.15, -0.1) is 0 Å². The Morgan fingerprint density at radius 1 is 1.50 bits per heavy atom. The Hall–Kier alpha value is -1.10. The number of aliphatic carboxylic acids is 1. The van der Waals surface area contributed by atoms with E-state index >= 15 is 0 Å². The molecule has 0 spiro atoms. The predicted molar refractivity (Wildman–Crippen MR) is 60.1 cm³/mol. The van der Waals surface area contributed by atoms with Gasteiger partial charge in [0.25, 0.3) is 0 Å². The highest BCUT2D eigenvalue weighted by Crippen LogP contribution is 2.10. The Balaban J connectivity index is 2.32. The summed E-state index contributed by atoms with van der Waals surface area (Å²) in [7, 11) is 0. The van der Waals surface area contributed by atoms with Crippen molar-refractivity contribution in [2.24, 2.45) is 0 Å². The van der Waals surface area contributed by atoms with E-state index in [0.717, 1.165) is 19.4 Å². The van der Waals surface area contributed by atoms with Gasteiger partial charge in [-0.25, -0.2) is 0 Å². The highest BCUT2D eigenvalue weighted by Gasteiger charge is 2.21. The minimum Gasteiger partial charge on any atom is -0.481 e. The fourth-order valence-corrected chi connectivity index (χ4v) is 1.96. The van der Waals surface area contributed by atoms with Gasteiger partial charge in [0.1, 0.15) is 0 Å². The summed E-state index contributed by atoms with van der Waals surface area (Å²) < 4.78 is 0. The third-order valence-electron chi connectivity index (χ3n) is 2.91. The first-order valence-corrected chi connectivity index (χ1v) is 5.86. The number of rotatable bonds is 6. The molecule has 1 rings (SSSR count). The number of carbonyl (C=O) groups excluding carboxylic acids is 1. The molecule has 1 atom stereocenters. The maximum Gasteiger partial charge on any atom is 0.305 e. The molecule has 0 aliphatic carbocycles. The van der Waals surface area contributed by atoms with Crippen LogP contribution in [0, 0.1) is 0 Å². The van der Waals surface area contributed by atoms with Gasteiger partial charge in [0.2, 0.25) is 5.91 Å². The summed E-state index contributed by atoms with van der Waals surface area (Å²) >= 11 is 0. The molecule has 0 bridgehead atoms. The SMILES string of the molecule is CCN(CCC(=O)O)C(=O)CC1CCCN1. The van der Waals surface area contributed by atoms with Crippen LogP contribution in [-0.4, -0.2) is 47.6 Å². The molecule has 1 saturated heterocycles. The average Bonchev–Trinajstić information content (AvgIpc) is 2.71. The number of hydrogen-bond donors (Lipinski definition) is 2. The number of carboxylic acids is 1. The number of amides is 1. The van der Waals surface area contributed by atoms with Crippen molar-refractivity contribution in [1.29, 1.82) is 0 Å². The first kappa shape index (κ1) is 13.0. The van der Waals surface area contributed by atoms with Crippen molar-refractivity contribution >= 4 is 11.9 Å². The van der Waals surface area contributed by atoms with Gasteiger partial charge < -0.3 is 15.3 Å². The molecule has 1 amide bonds. The van der Waals surface area contributed by atoms with Crippen molar-refractivity contribution in [3.63, 3.8) is 0 Å². The van der Waals surface area contributed by atoms with E-state index in [1.807, 2.05) is 6.92 Å². The second kappa shape index (κ2) is 6.48. The van der Waals surface area contributed by atoms with Gasteiger partial charge in [-0.3, -0.25) is 9.59 Å². The molecule has 0 radical (unpaired) electrons. The molecular weight excluding hydrogens is 208 g/mol. The van der Waals surface area contributed by atoms with Gasteiger partial charge in [-0.1, -0.05) is 0 Å². The van der Waals surface area contributed by atoms with Gasteiger partial charge in [0, 0.05) is 25.6 Å². The lowest BCUT2D eigenvalue weighted by molar-refractivity contribution is -0.138. The lowest BCUT2D eigenvalue weighted by atomic mass is 10.1. The zero-order chi connectivity index (χ0) is 12.0. The fraction of sp³-hybridized carbons (Fsp3) is 0.818. The second-order valence-electron chi connectivity index (χ2n) is 4.11. The van der Waals surface area contributed by atoms with Gasteiger partial charge in [0.05, 0.1) is 6.42 Å². The zero-order valence-electron chi connectivity index (χ0n) is 9.74. The third-order valence-corrected chi connectivity index (χ3v) is 2.91. The van der Waals surface area contributed by atoms with Gasteiger partial charge >= 0.3 is 5.97 Å². The lowest BCUT2D eigenvalue weighted by Crippen LogP contribution is -2.37. The van der Waals surface area contributed by atoms with E-state index in [-0.39, 0.29) is 18.4 Å². The van der Waals surface area contributed by atoms with Crippen LogP contribution in [0.2, 0.25) is 0 Å². The van der Waals surface area contributed by atoms with Crippen LogP contribution in [0.3, 0.4) is 0 Å². The number of carboxylic acid groups (broad SMARTS) is 1. The highest BCUT2D eigenvalue weighted by molar-refractivity contribution is 5.77. The molecule has 5 nitrogen and oxygen atoms in total. The van der Waals surface area contributed by atoms with Crippen molar-refractivity contribution in [3.8, 4) is 0 Å². The van der Waals surface area contributed by atoms with Crippen molar-refractivity contribution < 1.29 is 14.7 Å². The summed E-state index contributed by atoms with van der Waals surface area (Å²) in [5.41, 5.74) is 0. The largest absolute Gasteiger partial charge is 0.481 e. The van der Waals surface area contributed by atoms with Gasteiger partial charge in [-0.2, -0.15) is 0 Å². The molecule has 1 unspecified atom stereocenters. The van der Waals surface area contributed by atoms with E-state index in [2.05, 4.69) is 5.32 Å². The monoisotopic (exact) mass is 228 g/mol. The molecule has 1 heterocycles. The molecule has 0 aromatic heterocycles. The normalized spacial score (nSPS) is 19.7. The molecule has 0 aromatic rings. The van der Waals surface area contributed by atoms with Crippen LogP contribution in [0.5, 0.6) is 0 Å². The fourth-order valence-electron chi connectivity index (χ4n) is 1.96. The van der Waals surface area contributed by atoms with E-state index in [9.17, 15) is 9.59 Å². The van der Waals surface area contributed by atoms with Crippen LogP contribution < -0.4 is 5.32 Å². The minimum absolute atomic E-state index is 0.0255. The van der Waals surface area contributed by atoms with Gasteiger partial charge in [-0.05, 0) is 26.3 Å². The molecule has 0 aromatic carbocycles. The van der Waals surface area contributed by atoms with Crippen LogP contribution in [0.25, 0.3) is 0 Å². The molecule has 16 heavy (non-hydrogen) atoms. The topological polar surface area (TPSA) is 69.6 Å². The van der Waals surface area contributed by atoms with Crippen LogP contribution in [0.4, 0.5) is 0 Å². The molecule has 1 aliphatic heterocycles. The van der Waals surface area contributed by atoms with E-state index in [0.29, 0.717) is 19.5 Å². The Morgan fingerprint density at radius 3 is 2.75 bits per heavy atom. The molecule has 92 valence electrons. The number of nitrogens with zero attached hydrogens (tertiary/aromatic N) is 1. The van der Waals surface area contributed by atoms with Crippen LogP contribution in [-0.2, 0) is 9.59 Å². The van der Waals surface area contributed by atoms with E-state index in [1.165, 1.54) is 0 Å². The minimum atomic E-state index is -0.856. The Morgan fingerprint density at radius 2 is 2.25 bits per heavy atom. The molecule has 2 N–H and O–H groups in total. The third kappa shape index (κ3) is 4.18.